The summed E-state index contributed by atoms with van der Waals surface area (Å²) >= 11 is 0. The first-order chi connectivity index (χ1) is 9.52. The first kappa shape index (κ1) is 14.8. The number of methoxy groups -OCH3 is 1. The molecule has 2 unspecified atom stereocenters. The van der Waals surface area contributed by atoms with Gasteiger partial charge in [0.2, 0.25) is 5.91 Å². The Morgan fingerprint density at radius 1 is 1.40 bits per heavy atom. The molecule has 0 radical (unpaired) electrons. The van der Waals surface area contributed by atoms with Gasteiger partial charge < -0.3 is 14.5 Å². The molecule has 0 bridgehead atoms. The van der Waals surface area contributed by atoms with Crippen molar-refractivity contribution in [2.75, 3.05) is 34.3 Å². The number of carbonyl (C=O) groups excluding carboxylic acids is 1. The van der Waals surface area contributed by atoms with Gasteiger partial charge in [-0.05, 0) is 38.7 Å². The molecule has 5 nitrogen and oxygen atoms in total. The quantitative estimate of drug-likeness (QED) is 0.874. The van der Waals surface area contributed by atoms with Crippen LogP contribution in [0.5, 0.6) is 5.75 Å². The molecule has 1 fully saturated rings. The van der Waals surface area contributed by atoms with Gasteiger partial charge in [-0.1, -0.05) is 12.1 Å². The average molecular weight is 277 g/mol. The molecule has 5 heteroatoms. The van der Waals surface area contributed by atoms with E-state index in [2.05, 4.69) is 17.1 Å². The molecule has 20 heavy (non-hydrogen) atoms. The summed E-state index contributed by atoms with van der Waals surface area (Å²) in [7, 11) is 5.71. The van der Waals surface area contributed by atoms with Gasteiger partial charge in [0, 0.05) is 12.6 Å². The minimum Gasteiger partial charge on any atom is -0.497 e. The summed E-state index contributed by atoms with van der Waals surface area (Å²) in [6, 6.07) is 8.17. The predicted molar refractivity (Wildman–Crippen MR) is 78.6 cm³/mol. The van der Waals surface area contributed by atoms with Crippen LogP contribution in [0.1, 0.15) is 18.7 Å². The van der Waals surface area contributed by atoms with E-state index >= 15 is 0 Å². The van der Waals surface area contributed by atoms with Gasteiger partial charge >= 0.3 is 0 Å². The van der Waals surface area contributed by atoms with Crippen molar-refractivity contribution in [1.82, 2.24) is 15.1 Å². The monoisotopic (exact) mass is 277 g/mol. The van der Waals surface area contributed by atoms with Gasteiger partial charge in [-0.2, -0.15) is 0 Å². The number of carbonyl (C=O) groups is 1. The molecule has 1 aromatic rings. The second-order valence-corrected chi connectivity index (χ2v) is 5.42. The molecule has 1 N–H and O–H groups in total. The van der Waals surface area contributed by atoms with Crippen LogP contribution in [0, 0.1) is 0 Å². The lowest BCUT2D eigenvalue weighted by atomic mass is 10.1. The molecule has 0 saturated carbocycles. The van der Waals surface area contributed by atoms with Gasteiger partial charge in [-0.3, -0.25) is 10.1 Å². The van der Waals surface area contributed by atoms with Crippen molar-refractivity contribution in [1.29, 1.82) is 0 Å². The van der Waals surface area contributed by atoms with Gasteiger partial charge in [-0.25, -0.2) is 0 Å². The Balaban J connectivity index is 2.14. The third-order valence-corrected chi connectivity index (χ3v) is 3.85. The third-order valence-electron chi connectivity index (χ3n) is 3.85. The Bertz CT molecular complexity index is 459. The van der Waals surface area contributed by atoms with E-state index in [9.17, 15) is 4.79 Å². The van der Waals surface area contributed by atoms with Crippen molar-refractivity contribution in [3.63, 3.8) is 0 Å². The summed E-state index contributed by atoms with van der Waals surface area (Å²) in [5, 5.41) is 3.27. The molecule has 1 saturated heterocycles. The van der Waals surface area contributed by atoms with Crippen LogP contribution in [0.15, 0.2) is 24.3 Å². The van der Waals surface area contributed by atoms with Gasteiger partial charge in [0.25, 0.3) is 0 Å². The van der Waals surface area contributed by atoms with E-state index in [0.717, 1.165) is 17.9 Å². The average Bonchev–Trinajstić information content (AvgIpc) is 2.80. The highest BCUT2D eigenvalue weighted by Gasteiger charge is 2.32. The number of nitrogens with zero attached hydrogens (tertiary/aromatic N) is 2. The summed E-state index contributed by atoms with van der Waals surface area (Å²) < 4.78 is 5.17. The van der Waals surface area contributed by atoms with E-state index in [1.54, 1.807) is 7.11 Å². The minimum absolute atomic E-state index is 0.0455. The van der Waals surface area contributed by atoms with Crippen molar-refractivity contribution in [3.8, 4) is 5.75 Å². The van der Waals surface area contributed by atoms with Crippen LogP contribution in [0.25, 0.3) is 0 Å². The Morgan fingerprint density at radius 3 is 2.60 bits per heavy atom. The van der Waals surface area contributed by atoms with E-state index in [0.29, 0.717) is 12.6 Å². The lowest BCUT2D eigenvalue weighted by Gasteiger charge is -2.30. The van der Waals surface area contributed by atoms with Crippen LogP contribution in [-0.2, 0) is 4.79 Å². The topological polar surface area (TPSA) is 44.8 Å². The maximum atomic E-state index is 12.1. The highest BCUT2D eigenvalue weighted by atomic mass is 16.5. The molecule has 1 aromatic carbocycles. The van der Waals surface area contributed by atoms with E-state index in [4.69, 9.17) is 4.74 Å². The van der Waals surface area contributed by atoms with E-state index in [1.807, 2.05) is 43.3 Å². The predicted octanol–water partition coefficient (Wildman–Crippen LogP) is 1.08. The highest BCUT2D eigenvalue weighted by molar-refractivity contribution is 5.81. The molecule has 1 amide bonds. The third kappa shape index (κ3) is 3.11. The molecular weight excluding hydrogens is 254 g/mol. The fraction of sp³-hybridized carbons (Fsp3) is 0.533. The largest absolute Gasteiger partial charge is 0.497 e. The molecule has 1 heterocycles. The minimum atomic E-state index is -0.0455. The van der Waals surface area contributed by atoms with E-state index < -0.39 is 0 Å². The van der Waals surface area contributed by atoms with Crippen molar-refractivity contribution in [3.05, 3.63) is 29.8 Å². The zero-order valence-electron chi connectivity index (χ0n) is 12.6. The Kier molecular flexibility index (Phi) is 4.62. The molecule has 0 aromatic heterocycles. The standard InChI is InChI=1S/C15H23N3O2/c1-11(17(2)3)10-18-14(19)9-16-15(18)12-5-7-13(20-4)8-6-12/h5-8,11,15-16H,9-10H2,1-4H3. The number of hydrogen-bond acceptors (Lipinski definition) is 4. The van der Waals surface area contributed by atoms with Crippen LogP contribution in [0.2, 0.25) is 0 Å². The number of rotatable bonds is 5. The Hall–Kier alpha value is -1.59. The molecule has 0 spiro atoms. The van der Waals surface area contributed by atoms with Crippen LogP contribution < -0.4 is 10.1 Å². The summed E-state index contributed by atoms with van der Waals surface area (Å²) in [5.41, 5.74) is 1.09. The summed E-state index contributed by atoms with van der Waals surface area (Å²) in [5.74, 6) is 0.978. The molecule has 0 aliphatic carbocycles. The molecular formula is C15H23N3O2. The van der Waals surface area contributed by atoms with Gasteiger partial charge in [0.15, 0.2) is 0 Å². The zero-order valence-corrected chi connectivity index (χ0v) is 12.6. The number of hydrogen-bond donors (Lipinski definition) is 1. The number of benzene rings is 1. The van der Waals surface area contributed by atoms with Crippen LogP contribution in [0.3, 0.4) is 0 Å². The van der Waals surface area contributed by atoms with Crippen LogP contribution >= 0.6 is 0 Å². The molecule has 2 atom stereocenters. The number of nitrogens with one attached hydrogen (secondary N) is 1. The van der Waals surface area contributed by atoms with Crippen molar-refractivity contribution >= 4 is 5.91 Å². The Morgan fingerprint density at radius 2 is 2.05 bits per heavy atom. The van der Waals surface area contributed by atoms with Crippen molar-refractivity contribution < 1.29 is 9.53 Å². The maximum absolute atomic E-state index is 12.1. The zero-order chi connectivity index (χ0) is 14.7. The normalized spacial score (nSPS) is 20.6. The Labute approximate surface area is 120 Å². The molecule has 2 rings (SSSR count). The van der Waals surface area contributed by atoms with Crippen molar-refractivity contribution in [2.24, 2.45) is 0 Å². The smallest absolute Gasteiger partial charge is 0.238 e. The van der Waals surface area contributed by atoms with Gasteiger partial charge in [-0.15, -0.1) is 0 Å². The second-order valence-electron chi connectivity index (χ2n) is 5.42. The number of likely N-dealkylation sites (N-methyl/N-ethyl adjacent to an activating group) is 1. The maximum Gasteiger partial charge on any atom is 0.238 e. The van der Waals surface area contributed by atoms with E-state index in [-0.39, 0.29) is 12.1 Å². The van der Waals surface area contributed by atoms with E-state index in [1.165, 1.54) is 0 Å². The lowest BCUT2D eigenvalue weighted by molar-refractivity contribution is -0.128. The number of ether oxygens (including phenoxy) is 1. The van der Waals surface area contributed by atoms with Crippen molar-refractivity contribution in [2.45, 2.75) is 19.1 Å². The van der Waals surface area contributed by atoms with Gasteiger partial charge in [0.1, 0.15) is 11.9 Å². The van der Waals surface area contributed by atoms with Crippen LogP contribution in [-0.4, -0.2) is 56.0 Å². The fourth-order valence-corrected chi connectivity index (χ4v) is 2.28. The summed E-state index contributed by atoms with van der Waals surface area (Å²) in [6.07, 6.45) is -0.0455. The fourth-order valence-electron chi connectivity index (χ4n) is 2.28. The SMILES string of the molecule is COc1ccc(C2NCC(=O)N2CC(C)N(C)C)cc1. The second kappa shape index (κ2) is 6.24. The molecule has 110 valence electrons. The highest BCUT2D eigenvalue weighted by Crippen LogP contribution is 2.24. The first-order valence-corrected chi connectivity index (χ1v) is 6.86. The van der Waals surface area contributed by atoms with Gasteiger partial charge in [0.05, 0.1) is 13.7 Å². The number of amides is 1. The summed E-state index contributed by atoms with van der Waals surface area (Å²) in [4.78, 5) is 16.1. The molecule has 1 aliphatic heterocycles. The first-order valence-electron chi connectivity index (χ1n) is 6.86. The lowest BCUT2D eigenvalue weighted by Crippen LogP contribution is -2.41. The summed E-state index contributed by atoms with van der Waals surface area (Å²) in [6.45, 7) is 3.24. The molecule has 1 aliphatic rings. The van der Waals surface area contributed by atoms with Crippen LogP contribution in [0.4, 0.5) is 0 Å².